The Kier molecular flexibility index (Phi) is 3.73. The van der Waals surface area contributed by atoms with Gasteiger partial charge in [0.15, 0.2) is 0 Å². The van der Waals surface area contributed by atoms with Gasteiger partial charge in [-0.2, -0.15) is 0 Å². The van der Waals surface area contributed by atoms with Crippen molar-refractivity contribution in [1.82, 2.24) is 4.98 Å². The number of aromatic nitrogens is 1. The first-order valence-electron chi connectivity index (χ1n) is 7.14. The van der Waals surface area contributed by atoms with Gasteiger partial charge in [-0.3, -0.25) is 4.79 Å². The van der Waals surface area contributed by atoms with Crippen molar-refractivity contribution in [2.75, 3.05) is 11.4 Å². The van der Waals surface area contributed by atoms with Crippen molar-refractivity contribution in [3.63, 3.8) is 0 Å². The maximum absolute atomic E-state index is 11.9. The number of nitrogens with zero attached hydrogens (tertiary/aromatic N) is 1. The molecule has 0 saturated heterocycles. The number of rotatable bonds is 4. The number of nitrogens with one attached hydrogen (secondary N) is 1. The van der Waals surface area contributed by atoms with Crippen molar-refractivity contribution in [2.45, 2.75) is 13.3 Å². The van der Waals surface area contributed by atoms with Gasteiger partial charge in [-0.15, -0.1) is 0 Å². The van der Waals surface area contributed by atoms with Crippen LogP contribution in [0.1, 0.15) is 12.5 Å². The molecule has 2 aromatic carbocycles. The van der Waals surface area contributed by atoms with Crippen LogP contribution in [0.25, 0.3) is 10.9 Å². The van der Waals surface area contributed by atoms with Crippen molar-refractivity contribution in [2.24, 2.45) is 0 Å². The molecule has 0 atom stereocenters. The van der Waals surface area contributed by atoms with Crippen LogP contribution in [0, 0.1) is 0 Å². The summed E-state index contributed by atoms with van der Waals surface area (Å²) in [6.07, 6.45) is 2.87. The quantitative estimate of drug-likeness (QED) is 0.775. The van der Waals surface area contributed by atoms with Gasteiger partial charge >= 0.3 is 0 Å². The Morgan fingerprint density at radius 2 is 1.76 bits per heavy atom. The molecule has 0 unspecified atom stereocenters. The molecule has 0 aliphatic rings. The molecule has 0 saturated carbocycles. The molecule has 0 aliphatic carbocycles. The molecule has 0 radical (unpaired) electrons. The summed E-state index contributed by atoms with van der Waals surface area (Å²) < 4.78 is 0. The fourth-order valence-electron chi connectivity index (χ4n) is 2.65. The van der Waals surface area contributed by atoms with Gasteiger partial charge < -0.3 is 9.88 Å². The third kappa shape index (κ3) is 2.82. The van der Waals surface area contributed by atoms with Gasteiger partial charge in [0.05, 0.1) is 0 Å². The molecular formula is C18H18N2O. The molecule has 3 rings (SSSR count). The van der Waals surface area contributed by atoms with Gasteiger partial charge in [-0.05, 0) is 30.2 Å². The molecular weight excluding hydrogens is 260 g/mol. The predicted molar refractivity (Wildman–Crippen MR) is 86.5 cm³/mol. The van der Waals surface area contributed by atoms with Crippen LogP contribution >= 0.6 is 0 Å². The summed E-state index contributed by atoms with van der Waals surface area (Å²) in [6.45, 7) is 2.30. The Bertz CT molecular complexity index is 746. The van der Waals surface area contributed by atoms with Gasteiger partial charge in [-0.1, -0.05) is 36.4 Å². The number of hydrogen-bond donors (Lipinski definition) is 1. The number of hydrogen-bond acceptors (Lipinski definition) is 1. The van der Waals surface area contributed by atoms with Crippen molar-refractivity contribution in [3.05, 3.63) is 66.4 Å². The second kappa shape index (κ2) is 5.83. The fraction of sp³-hybridized carbons (Fsp3) is 0.167. The van der Waals surface area contributed by atoms with E-state index in [4.69, 9.17) is 0 Å². The minimum Gasteiger partial charge on any atom is -0.361 e. The maximum atomic E-state index is 11.9. The predicted octanol–water partition coefficient (Wildman–Crippen LogP) is 3.76. The SMILES string of the molecule is CC(=O)N(CCc1c[nH]c2ccccc12)c1ccccc1. The molecule has 0 aliphatic heterocycles. The van der Waals surface area contributed by atoms with E-state index >= 15 is 0 Å². The van der Waals surface area contributed by atoms with Crippen LogP contribution in [0.3, 0.4) is 0 Å². The van der Waals surface area contributed by atoms with Gasteiger partial charge in [-0.25, -0.2) is 0 Å². The zero-order chi connectivity index (χ0) is 14.7. The lowest BCUT2D eigenvalue weighted by Crippen LogP contribution is -2.30. The molecule has 0 bridgehead atoms. The third-order valence-electron chi connectivity index (χ3n) is 3.73. The number of benzene rings is 2. The summed E-state index contributed by atoms with van der Waals surface area (Å²) in [5.41, 5.74) is 3.33. The molecule has 3 aromatic rings. The second-order valence-corrected chi connectivity index (χ2v) is 5.12. The molecule has 1 heterocycles. The van der Waals surface area contributed by atoms with Crippen LogP contribution in [0.15, 0.2) is 60.8 Å². The highest BCUT2D eigenvalue weighted by molar-refractivity contribution is 5.91. The standard InChI is InChI=1S/C18H18N2O/c1-14(21)20(16-7-3-2-4-8-16)12-11-15-13-19-18-10-6-5-9-17(15)18/h2-10,13,19H,11-12H2,1H3. The molecule has 1 amide bonds. The maximum Gasteiger partial charge on any atom is 0.223 e. The third-order valence-corrected chi connectivity index (χ3v) is 3.73. The Labute approximate surface area is 124 Å². The Morgan fingerprint density at radius 3 is 2.52 bits per heavy atom. The highest BCUT2D eigenvalue weighted by Crippen LogP contribution is 2.20. The van der Waals surface area contributed by atoms with E-state index in [9.17, 15) is 4.79 Å². The zero-order valence-corrected chi connectivity index (χ0v) is 12.0. The summed E-state index contributed by atoms with van der Waals surface area (Å²) in [5, 5.41) is 1.23. The van der Waals surface area contributed by atoms with Crippen LogP contribution in [-0.4, -0.2) is 17.4 Å². The summed E-state index contributed by atoms with van der Waals surface area (Å²) in [5.74, 6) is 0.0704. The normalized spacial score (nSPS) is 10.7. The summed E-state index contributed by atoms with van der Waals surface area (Å²) >= 11 is 0. The van der Waals surface area contributed by atoms with E-state index in [1.54, 1.807) is 6.92 Å². The topological polar surface area (TPSA) is 36.1 Å². The number of carbonyl (C=O) groups excluding carboxylic acids is 1. The number of para-hydroxylation sites is 2. The Hall–Kier alpha value is -2.55. The zero-order valence-electron chi connectivity index (χ0n) is 12.0. The van der Waals surface area contributed by atoms with E-state index in [1.807, 2.05) is 53.6 Å². The van der Waals surface area contributed by atoms with Crippen molar-refractivity contribution < 1.29 is 4.79 Å². The lowest BCUT2D eigenvalue weighted by molar-refractivity contribution is -0.116. The van der Waals surface area contributed by atoms with Crippen molar-refractivity contribution >= 4 is 22.5 Å². The molecule has 0 fully saturated rings. The summed E-state index contributed by atoms with van der Waals surface area (Å²) in [7, 11) is 0. The van der Waals surface area contributed by atoms with Crippen LogP contribution in [0.2, 0.25) is 0 Å². The molecule has 0 spiro atoms. The van der Waals surface area contributed by atoms with E-state index in [-0.39, 0.29) is 5.91 Å². The number of aromatic amines is 1. The molecule has 1 aromatic heterocycles. The molecule has 3 nitrogen and oxygen atoms in total. The van der Waals surface area contributed by atoms with Crippen molar-refractivity contribution in [1.29, 1.82) is 0 Å². The van der Waals surface area contributed by atoms with E-state index in [0.29, 0.717) is 6.54 Å². The van der Waals surface area contributed by atoms with E-state index < -0.39 is 0 Å². The number of anilines is 1. The lowest BCUT2D eigenvalue weighted by Gasteiger charge is -2.21. The number of carbonyl (C=O) groups is 1. The van der Waals surface area contributed by atoms with Gasteiger partial charge in [0, 0.05) is 36.3 Å². The average Bonchev–Trinajstić information content (AvgIpc) is 2.92. The van der Waals surface area contributed by atoms with Crippen LogP contribution in [-0.2, 0) is 11.2 Å². The van der Waals surface area contributed by atoms with Crippen LogP contribution in [0.5, 0.6) is 0 Å². The van der Waals surface area contributed by atoms with Crippen LogP contribution in [0.4, 0.5) is 5.69 Å². The van der Waals surface area contributed by atoms with E-state index in [1.165, 1.54) is 10.9 Å². The van der Waals surface area contributed by atoms with Gasteiger partial charge in [0.1, 0.15) is 0 Å². The smallest absolute Gasteiger partial charge is 0.223 e. The molecule has 21 heavy (non-hydrogen) atoms. The van der Waals surface area contributed by atoms with E-state index in [2.05, 4.69) is 17.1 Å². The average molecular weight is 278 g/mol. The van der Waals surface area contributed by atoms with E-state index in [0.717, 1.165) is 17.6 Å². The summed E-state index contributed by atoms with van der Waals surface area (Å²) in [6, 6.07) is 18.1. The van der Waals surface area contributed by atoms with Crippen LogP contribution < -0.4 is 4.90 Å². The number of H-pyrrole nitrogens is 1. The number of fused-ring (bicyclic) bond motifs is 1. The van der Waals surface area contributed by atoms with Gasteiger partial charge in [0.2, 0.25) is 5.91 Å². The first-order valence-corrected chi connectivity index (χ1v) is 7.14. The monoisotopic (exact) mass is 278 g/mol. The highest BCUT2D eigenvalue weighted by atomic mass is 16.2. The first-order chi connectivity index (χ1) is 10.3. The minimum atomic E-state index is 0.0704. The molecule has 106 valence electrons. The lowest BCUT2D eigenvalue weighted by atomic mass is 10.1. The summed E-state index contributed by atoms with van der Waals surface area (Å²) in [4.78, 5) is 17.0. The molecule has 1 N–H and O–H groups in total. The first kappa shape index (κ1) is 13.4. The highest BCUT2D eigenvalue weighted by Gasteiger charge is 2.12. The Balaban J connectivity index is 1.80. The largest absolute Gasteiger partial charge is 0.361 e. The fourth-order valence-corrected chi connectivity index (χ4v) is 2.65. The minimum absolute atomic E-state index is 0.0704. The molecule has 3 heteroatoms. The van der Waals surface area contributed by atoms with Crippen molar-refractivity contribution in [3.8, 4) is 0 Å². The Morgan fingerprint density at radius 1 is 1.05 bits per heavy atom. The van der Waals surface area contributed by atoms with Gasteiger partial charge in [0.25, 0.3) is 0 Å². The number of amides is 1. The second-order valence-electron chi connectivity index (χ2n) is 5.12.